The smallest absolute Gasteiger partial charge is 0.387 e. The Morgan fingerprint density at radius 1 is 1.19 bits per heavy atom. The molecule has 2 aliphatic rings. The molecule has 2 fully saturated rings. The Morgan fingerprint density at radius 2 is 1.94 bits per heavy atom. The Kier molecular flexibility index (Phi) is 6.25. The van der Waals surface area contributed by atoms with Crippen LogP contribution in [0, 0.1) is 11.7 Å². The van der Waals surface area contributed by atoms with Crippen LogP contribution in [-0.4, -0.2) is 43.0 Å². The SMILES string of the molecule is COc1cc(CN(C(=O)[C@H]2CC(=O)N(c3ccccc3F)C2)C2CC2)ccc1OC(F)F. The first kappa shape index (κ1) is 22.0. The first-order chi connectivity index (χ1) is 15.4. The van der Waals surface area contributed by atoms with Crippen LogP contribution in [0.15, 0.2) is 42.5 Å². The van der Waals surface area contributed by atoms with Crippen molar-refractivity contribution in [1.82, 2.24) is 4.90 Å². The van der Waals surface area contributed by atoms with Crippen LogP contribution in [0.1, 0.15) is 24.8 Å². The molecule has 1 saturated heterocycles. The molecule has 4 rings (SSSR count). The number of ether oxygens (including phenoxy) is 2. The summed E-state index contributed by atoms with van der Waals surface area (Å²) >= 11 is 0. The van der Waals surface area contributed by atoms with Crippen LogP contribution < -0.4 is 14.4 Å². The molecule has 0 aromatic heterocycles. The largest absolute Gasteiger partial charge is 0.493 e. The van der Waals surface area contributed by atoms with E-state index in [1.54, 1.807) is 29.2 Å². The number of hydrogen-bond acceptors (Lipinski definition) is 4. The number of carbonyl (C=O) groups excluding carboxylic acids is 2. The number of para-hydroxylation sites is 1. The predicted octanol–water partition coefficient (Wildman–Crippen LogP) is 3.98. The third-order valence-electron chi connectivity index (χ3n) is 5.69. The van der Waals surface area contributed by atoms with Gasteiger partial charge in [-0.2, -0.15) is 8.78 Å². The predicted molar refractivity (Wildman–Crippen MR) is 110 cm³/mol. The first-order valence-corrected chi connectivity index (χ1v) is 10.3. The number of nitrogens with zero attached hydrogens (tertiary/aromatic N) is 2. The summed E-state index contributed by atoms with van der Waals surface area (Å²) in [5, 5.41) is 0. The van der Waals surface area contributed by atoms with Crippen molar-refractivity contribution in [3.63, 3.8) is 0 Å². The summed E-state index contributed by atoms with van der Waals surface area (Å²) in [5.74, 6) is -1.49. The van der Waals surface area contributed by atoms with E-state index in [0.717, 1.165) is 12.8 Å². The fourth-order valence-corrected chi connectivity index (χ4v) is 3.98. The molecule has 0 N–H and O–H groups in total. The number of amides is 2. The van der Waals surface area contributed by atoms with Crippen molar-refractivity contribution in [2.75, 3.05) is 18.6 Å². The van der Waals surface area contributed by atoms with Crippen molar-refractivity contribution in [2.45, 2.75) is 38.5 Å². The maximum atomic E-state index is 14.2. The van der Waals surface area contributed by atoms with Crippen molar-refractivity contribution < 1.29 is 32.2 Å². The molecule has 0 radical (unpaired) electrons. The molecule has 1 aliphatic carbocycles. The minimum absolute atomic E-state index is 0.0148. The molecule has 1 saturated carbocycles. The summed E-state index contributed by atoms with van der Waals surface area (Å²) < 4.78 is 48.9. The van der Waals surface area contributed by atoms with E-state index in [1.165, 1.54) is 30.2 Å². The zero-order valence-electron chi connectivity index (χ0n) is 17.5. The van der Waals surface area contributed by atoms with E-state index in [0.29, 0.717) is 5.56 Å². The van der Waals surface area contributed by atoms with Gasteiger partial charge < -0.3 is 19.3 Å². The summed E-state index contributed by atoms with van der Waals surface area (Å²) in [6.45, 7) is -2.61. The van der Waals surface area contributed by atoms with Gasteiger partial charge in [0.05, 0.1) is 18.7 Å². The van der Waals surface area contributed by atoms with Crippen molar-refractivity contribution in [3.05, 3.63) is 53.8 Å². The van der Waals surface area contributed by atoms with Crippen LogP contribution in [0.5, 0.6) is 11.5 Å². The molecule has 1 aliphatic heterocycles. The quantitative estimate of drug-likeness (QED) is 0.613. The number of anilines is 1. The summed E-state index contributed by atoms with van der Waals surface area (Å²) in [6.07, 6.45) is 1.72. The van der Waals surface area contributed by atoms with Crippen LogP contribution in [0.2, 0.25) is 0 Å². The number of halogens is 3. The third-order valence-corrected chi connectivity index (χ3v) is 5.69. The number of benzene rings is 2. The Hall–Kier alpha value is -3.23. The maximum Gasteiger partial charge on any atom is 0.387 e. The minimum atomic E-state index is -2.98. The molecule has 6 nitrogen and oxygen atoms in total. The maximum absolute atomic E-state index is 14.2. The van der Waals surface area contributed by atoms with Gasteiger partial charge in [-0.05, 0) is 42.7 Å². The molecule has 2 amide bonds. The van der Waals surface area contributed by atoms with Crippen LogP contribution in [0.4, 0.5) is 18.9 Å². The van der Waals surface area contributed by atoms with E-state index in [-0.39, 0.29) is 54.6 Å². The standard InChI is InChI=1S/C23H23F3N2O4/c1-31-20-10-14(6-9-19(20)32-23(25)26)12-27(16-7-8-16)22(30)15-11-21(29)28(13-15)18-5-3-2-4-17(18)24/h2-6,9-10,15-16,23H,7-8,11-13H2,1H3/t15-/m0/s1. The molecule has 9 heteroatoms. The lowest BCUT2D eigenvalue weighted by Crippen LogP contribution is -2.38. The topological polar surface area (TPSA) is 59.1 Å². The average Bonchev–Trinajstić information content (AvgIpc) is 3.54. The monoisotopic (exact) mass is 448 g/mol. The van der Waals surface area contributed by atoms with Crippen molar-refractivity contribution in [2.24, 2.45) is 5.92 Å². The highest BCUT2D eigenvalue weighted by Gasteiger charge is 2.42. The number of hydrogen-bond donors (Lipinski definition) is 0. The molecule has 1 heterocycles. The van der Waals surface area contributed by atoms with Gasteiger partial charge >= 0.3 is 6.61 Å². The Balaban J connectivity index is 1.50. The van der Waals surface area contributed by atoms with Crippen LogP contribution in [0.25, 0.3) is 0 Å². The molecule has 170 valence electrons. The van der Waals surface area contributed by atoms with Gasteiger partial charge in [0, 0.05) is 25.6 Å². The molecule has 0 bridgehead atoms. The summed E-state index contributed by atoms with van der Waals surface area (Å²) in [7, 11) is 1.35. The molecule has 32 heavy (non-hydrogen) atoms. The highest BCUT2D eigenvalue weighted by atomic mass is 19.3. The van der Waals surface area contributed by atoms with E-state index >= 15 is 0 Å². The first-order valence-electron chi connectivity index (χ1n) is 10.3. The highest BCUT2D eigenvalue weighted by Crippen LogP contribution is 2.35. The second-order valence-corrected chi connectivity index (χ2v) is 7.92. The van der Waals surface area contributed by atoms with Gasteiger partial charge in [-0.15, -0.1) is 0 Å². The molecule has 2 aromatic rings. The minimum Gasteiger partial charge on any atom is -0.493 e. The van der Waals surface area contributed by atoms with E-state index in [1.807, 2.05) is 0 Å². The summed E-state index contributed by atoms with van der Waals surface area (Å²) in [6, 6.07) is 10.6. The fraction of sp³-hybridized carbons (Fsp3) is 0.391. The number of rotatable bonds is 8. The van der Waals surface area contributed by atoms with Gasteiger partial charge in [0.25, 0.3) is 0 Å². The Bertz CT molecular complexity index is 1010. The highest BCUT2D eigenvalue weighted by molar-refractivity contribution is 6.00. The van der Waals surface area contributed by atoms with E-state index < -0.39 is 18.3 Å². The zero-order valence-corrected chi connectivity index (χ0v) is 17.5. The van der Waals surface area contributed by atoms with Crippen LogP contribution in [-0.2, 0) is 16.1 Å². The van der Waals surface area contributed by atoms with Gasteiger partial charge in [0.2, 0.25) is 11.8 Å². The molecule has 0 unspecified atom stereocenters. The lowest BCUT2D eigenvalue weighted by molar-refractivity contribution is -0.137. The summed E-state index contributed by atoms with van der Waals surface area (Å²) in [5.41, 5.74) is 0.865. The number of alkyl halides is 2. The van der Waals surface area contributed by atoms with Crippen molar-refractivity contribution in [3.8, 4) is 11.5 Å². The van der Waals surface area contributed by atoms with Gasteiger partial charge in [-0.25, -0.2) is 4.39 Å². The molecular weight excluding hydrogens is 425 g/mol. The van der Waals surface area contributed by atoms with Crippen LogP contribution in [0.3, 0.4) is 0 Å². The van der Waals surface area contributed by atoms with Crippen LogP contribution >= 0.6 is 0 Å². The van der Waals surface area contributed by atoms with Gasteiger partial charge in [-0.1, -0.05) is 18.2 Å². The molecule has 0 spiro atoms. The zero-order chi connectivity index (χ0) is 22.8. The lowest BCUT2D eigenvalue weighted by atomic mass is 10.1. The van der Waals surface area contributed by atoms with Crippen molar-refractivity contribution >= 4 is 17.5 Å². The normalized spacial score (nSPS) is 18.2. The summed E-state index contributed by atoms with van der Waals surface area (Å²) in [4.78, 5) is 28.9. The van der Waals surface area contributed by atoms with E-state index in [2.05, 4.69) is 4.74 Å². The number of carbonyl (C=O) groups is 2. The molecular formula is C23H23F3N2O4. The van der Waals surface area contributed by atoms with Gasteiger partial charge in [0.15, 0.2) is 11.5 Å². The van der Waals surface area contributed by atoms with Gasteiger partial charge in [0.1, 0.15) is 5.82 Å². The van der Waals surface area contributed by atoms with E-state index in [4.69, 9.17) is 4.74 Å². The molecule has 2 aromatic carbocycles. The second kappa shape index (κ2) is 9.10. The fourth-order valence-electron chi connectivity index (χ4n) is 3.98. The lowest BCUT2D eigenvalue weighted by Gasteiger charge is -2.26. The second-order valence-electron chi connectivity index (χ2n) is 7.92. The average molecular weight is 448 g/mol. The van der Waals surface area contributed by atoms with E-state index in [9.17, 15) is 22.8 Å². The Labute approximate surface area is 183 Å². The third kappa shape index (κ3) is 4.66. The van der Waals surface area contributed by atoms with Crippen molar-refractivity contribution in [1.29, 1.82) is 0 Å². The Morgan fingerprint density at radius 3 is 2.59 bits per heavy atom. The number of methoxy groups -OCH3 is 1. The van der Waals surface area contributed by atoms with Gasteiger partial charge in [-0.3, -0.25) is 9.59 Å². The molecule has 1 atom stereocenters.